The minimum Gasteiger partial charge on any atom is -0.469 e. The van der Waals surface area contributed by atoms with Gasteiger partial charge in [-0.25, -0.2) is 0 Å². The van der Waals surface area contributed by atoms with Gasteiger partial charge in [-0.1, -0.05) is 30.3 Å². The molecule has 0 saturated carbocycles. The molecule has 0 spiro atoms. The van der Waals surface area contributed by atoms with E-state index in [1.165, 1.54) is 5.56 Å². The van der Waals surface area contributed by atoms with Crippen molar-refractivity contribution < 1.29 is 14.3 Å². The van der Waals surface area contributed by atoms with Gasteiger partial charge in [0, 0.05) is 19.4 Å². The average molecular weight is 301 g/mol. The lowest BCUT2D eigenvalue weighted by Gasteiger charge is -2.22. The van der Waals surface area contributed by atoms with Crippen LogP contribution < -0.4 is 5.32 Å². The number of carbonyl (C=O) groups is 1. The van der Waals surface area contributed by atoms with Crippen molar-refractivity contribution in [2.45, 2.75) is 38.2 Å². The zero-order valence-corrected chi connectivity index (χ0v) is 12.9. The molecule has 2 rings (SSSR count). The number of rotatable bonds is 8. The fraction of sp³-hybridized carbons (Fsp3) is 0.389. The lowest BCUT2D eigenvalue weighted by Crippen LogP contribution is -2.42. The molecule has 1 unspecified atom stereocenters. The Kier molecular flexibility index (Phi) is 5.78. The van der Waals surface area contributed by atoms with Gasteiger partial charge in [-0.3, -0.25) is 4.79 Å². The third-order valence-corrected chi connectivity index (χ3v) is 3.51. The van der Waals surface area contributed by atoms with Crippen LogP contribution in [0.25, 0.3) is 0 Å². The molecule has 1 atom stereocenters. The first-order chi connectivity index (χ1) is 10.6. The van der Waals surface area contributed by atoms with Crippen molar-refractivity contribution in [1.29, 1.82) is 0 Å². The van der Waals surface area contributed by atoms with Crippen molar-refractivity contribution in [2.75, 3.05) is 6.54 Å². The number of aryl methyl sites for hydroxylation is 1. The number of carbonyl (C=O) groups excluding carboxylic acids is 1. The molecular formula is C18H23NO3. The van der Waals surface area contributed by atoms with Gasteiger partial charge in [-0.2, -0.15) is 0 Å². The molecule has 22 heavy (non-hydrogen) atoms. The predicted molar refractivity (Wildman–Crippen MR) is 85.4 cm³/mol. The third kappa shape index (κ3) is 5.74. The van der Waals surface area contributed by atoms with E-state index in [2.05, 4.69) is 17.4 Å². The van der Waals surface area contributed by atoms with Gasteiger partial charge in [-0.15, -0.1) is 0 Å². The van der Waals surface area contributed by atoms with E-state index in [0.717, 1.165) is 12.8 Å². The van der Waals surface area contributed by atoms with Crippen LogP contribution in [0.1, 0.15) is 31.1 Å². The highest BCUT2D eigenvalue weighted by atomic mass is 16.3. The Morgan fingerprint density at radius 2 is 2.00 bits per heavy atom. The molecule has 2 aromatic rings. The quantitative estimate of drug-likeness (QED) is 0.788. The smallest absolute Gasteiger partial charge is 0.220 e. The standard InChI is InChI=1S/C18H23NO3/c1-18(21,13-16-10-6-12-22-16)14-19-17(20)11-5-9-15-7-3-2-4-8-15/h2-4,6-8,10,12,21H,5,9,11,13-14H2,1H3,(H,19,20). The van der Waals surface area contributed by atoms with E-state index in [1.54, 1.807) is 19.3 Å². The molecule has 2 N–H and O–H groups in total. The Bertz CT molecular complexity index is 561. The molecule has 1 aromatic heterocycles. The maximum atomic E-state index is 11.8. The van der Waals surface area contributed by atoms with Gasteiger partial charge >= 0.3 is 0 Å². The molecule has 0 aliphatic carbocycles. The summed E-state index contributed by atoms with van der Waals surface area (Å²) < 4.78 is 5.22. The first-order valence-electron chi connectivity index (χ1n) is 7.60. The van der Waals surface area contributed by atoms with E-state index < -0.39 is 5.60 Å². The zero-order valence-electron chi connectivity index (χ0n) is 12.9. The Balaban J connectivity index is 1.66. The Morgan fingerprint density at radius 3 is 2.68 bits per heavy atom. The zero-order chi connectivity index (χ0) is 15.8. The van der Waals surface area contributed by atoms with Crippen LogP contribution in [0.15, 0.2) is 53.1 Å². The first kappa shape index (κ1) is 16.3. The summed E-state index contributed by atoms with van der Waals surface area (Å²) in [7, 11) is 0. The summed E-state index contributed by atoms with van der Waals surface area (Å²) in [6, 6.07) is 13.7. The molecule has 1 aromatic carbocycles. The van der Waals surface area contributed by atoms with Crippen LogP contribution in [0.2, 0.25) is 0 Å². The molecule has 0 bridgehead atoms. The van der Waals surface area contributed by atoms with Crippen LogP contribution in [-0.4, -0.2) is 23.2 Å². The Labute approximate surface area is 131 Å². The normalized spacial score (nSPS) is 13.5. The molecule has 0 radical (unpaired) electrons. The van der Waals surface area contributed by atoms with E-state index in [1.807, 2.05) is 24.3 Å². The van der Waals surface area contributed by atoms with E-state index in [9.17, 15) is 9.90 Å². The summed E-state index contributed by atoms with van der Waals surface area (Å²) in [5, 5.41) is 13.1. The molecule has 4 heteroatoms. The van der Waals surface area contributed by atoms with Gasteiger partial charge in [0.05, 0.1) is 11.9 Å². The lowest BCUT2D eigenvalue weighted by atomic mass is 10.0. The summed E-state index contributed by atoms with van der Waals surface area (Å²) in [6.45, 7) is 1.91. The Morgan fingerprint density at radius 1 is 1.23 bits per heavy atom. The van der Waals surface area contributed by atoms with Crippen LogP contribution >= 0.6 is 0 Å². The van der Waals surface area contributed by atoms with E-state index in [-0.39, 0.29) is 12.5 Å². The van der Waals surface area contributed by atoms with Crippen LogP contribution in [0.4, 0.5) is 0 Å². The van der Waals surface area contributed by atoms with Crippen molar-refractivity contribution in [3.05, 3.63) is 60.1 Å². The second-order valence-electron chi connectivity index (χ2n) is 5.87. The molecule has 0 aliphatic heterocycles. The maximum absolute atomic E-state index is 11.8. The second kappa shape index (κ2) is 7.80. The van der Waals surface area contributed by atoms with Gasteiger partial charge in [0.25, 0.3) is 0 Å². The summed E-state index contributed by atoms with van der Waals surface area (Å²) in [6.07, 6.45) is 4.11. The van der Waals surface area contributed by atoms with Crippen molar-refractivity contribution >= 4 is 5.91 Å². The summed E-state index contributed by atoms with van der Waals surface area (Å²) in [4.78, 5) is 11.8. The minimum absolute atomic E-state index is 0.0318. The number of benzene rings is 1. The van der Waals surface area contributed by atoms with Gasteiger partial charge in [-0.05, 0) is 37.5 Å². The van der Waals surface area contributed by atoms with Crippen LogP contribution in [0.5, 0.6) is 0 Å². The fourth-order valence-corrected chi connectivity index (χ4v) is 2.33. The molecule has 4 nitrogen and oxygen atoms in total. The van der Waals surface area contributed by atoms with Crippen LogP contribution in [-0.2, 0) is 17.6 Å². The van der Waals surface area contributed by atoms with Crippen molar-refractivity contribution in [3.8, 4) is 0 Å². The highest BCUT2D eigenvalue weighted by molar-refractivity contribution is 5.75. The fourth-order valence-electron chi connectivity index (χ4n) is 2.33. The molecule has 1 amide bonds. The largest absolute Gasteiger partial charge is 0.469 e. The van der Waals surface area contributed by atoms with Crippen molar-refractivity contribution in [1.82, 2.24) is 5.32 Å². The topological polar surface area (TPSA) is 62.5 Å². The monoisotopic (exact) mass is 301 g/mol. The van der Waals surface area contributed by atoms with Gasteiger partial charge in [0.15, 0.2) is 0 Å². The molecular weight excluding hydrogens is 278 g/mol. The third-order valence-electron chi connectivity index (χ3n) is 3.51. The van der Waals surface area contributed by atoms with Gasteiger partial charge in [0.2, 0.25) is 5.91 Å². The highest BCUT2D eigenvalue weighted by Gasteiger charge is 2.23. The van der Waals surface area contributed by atoms with Crippen molar-refractivity contribution in [3.63, 3.8) is 0 Å². The number of nitrogens with one attached hydrogen (secondary N) is 1. The lowest BCUT2D eigenvalue weighted by molar-refractivity contribution is -0.122. The van der Waals surface area contributed by atoms with E-state index in [4.69, 9.17) is 4.42 Å². The van der Waals surface area contributed by atoms with Gasteiger partial charge < -0.3 is 14.8 Å². The average Bonchev–Trinajstić information content (AvgIpc) is 2.99. The van der Waals surface area contributed by atoms with Crippen LogP contribution in [0, 0.1) is 0 Å². The van der Waals surface area contributed by atoms with Gasteiger partial charge in [0.1, 0.15) is 5.76 Å². The van der Waals surface area contributed by atoms with E-state index in [0.29, 0.717) is 18.6 Å². The number of amides is 1. The number of aliphatic hydroxyl groups is 1. The van der Waals surface area contributed by atoms with Crippen LogP contribution in [0.3, 0.4) is 0 Å². The molecule has 0 fully saturated rings. The molecule has 118 valence electrons. The molecule has 1 heterocycles. The minimum atomic E-state index is -1.01. The summed E-state index contributed by atoms with van der Waals surface area (Å²) in [5.74, 6) is 0.680. The number of hydrogen-bond acceptors (Lipinski definition) is 3. The molecule has 0 saturated heterocycles. The van der Waals surface area contributed by atoms with E-state index >= 15 is 0 Å². The first-order valence-corrected chi connectivity index (χ1v) is 7.60. The SMILES string of the molecule is CC(O)(CNC(=O)CCCc1ccccc1)Cc1ccco1. The maximum Gasteiger partial charge on any atom is 0.220 e. The predicted octanol–water partition coefficient (Wildman–Crippen LogP) is 2.71. The summed E-state index contributed by atoms with van der Waals surface area (Å²) >= 11 is 0. The number of furan rings is 1. The summed E-state index contributed by atoms with van der Waals surface area (Å²) in [5.41, 5.74) is 0.229. The second-order valence-corrected chi connectivity index (χ2v) is 5.87. The number of hydrogen-bond donors (Lipinski definition) is 2. The highest BCUT2D eigenvalue weighted by Crippen LogP contribution is 2.13. The Hall–Kier alpha value is -2.07. The van der Waals surface area contributed by atoms with Crippen molar-refractivity contribution in [2.24, 2.45) is 0 Å². The molecule has 0 aliphatic rings.